The number of hydrogen-bond donors (Lipinski definition) is 0. The van der Waals surface area contributed by atoms with Crippen LogP contribution in [0.4, 0.5) is 0 Å². The molecule has 22 heavy (non-hydrogen) atoms. The average Bonchev–Trinajstić information content (AvgIpc) is 2.47. The van der Waals surface area contributed by atoms with Crippen LogP contribution in [-0.2, 0) is 0 Å². The van der Waals surface area contributed by atoms with Gasteiger partial charge in [-0.25, -0.2) is 0 Å². The summed E-state index contributed by atoms with van der Waals surface area (Å²) in [5.41, 5.74) is 4.27. The lowest BCUT2D eigenvalue weighted by Gasteiger charge is -2.19. The summed E-state index contributed by atoms with van der Waals surface area (Å²) in [5.74, 6) is 0.891. The summed E-state index contributed by atoms with van der Waals surface area (Å²) in [7, 11) is 4.22. The molecule has 1 aliphatic rings. The van der Waals surface area contributed by atoms with E-state index in [1.165, 1.54) is 43.4 Å². The normalized spacial score (nSPS) is 19.8. The number of unbranched alkanes of at least 4 members (excludes halogenated alkanes) is 1. The molecule has 0 amide bonds. The third-order valence-electron chi connectivity index (χ3n) is 4.61. The van der Waals surface area contributed by atoms with Crippen molar-refractivity contribution in [3.8, 4) is 0 Å². The molecule has 0 fully saturated rings. The van der Waals surface area contributed by atoms with Crippen LogP contribution in [0.3, 0.4) is 0 Å². The first kappa shape index (κ1) is 18.8. The lowest BCUT2D eigenvalue weighted by Crippen LogP contribution is -2.12. The number of likely N-dealkylation sites (N-methyl/N-ethyl adjacent to an activating group) is 1. The second-order valence-electron chi connectivity index (χ2n) is 6.69. The smallest absolute Gasteiger partial charge is 0.0388 e. The fraction of sp³-hybridized carbons (Fsp3) is 0.619. The van der Waals surface area contributed by atoms with E-state index >= 15 is 0 Å². The minimum Gasteiger partial charge on any atom is -0.377 e. The van der Waals surface area contributed by atoms with E-state index in [1.807, 2.05) is 0 Å². The highest BCUT2D eigenvalue weighted by molar-refractivity contribution is 5.40. The molecule has 0 aromatic heterocycles. The molecule has 1 aliphatic carbocycles. The molecule has 0 saturated heterocycles. The molecular weight excluding hydrogens is 266 g/mol. The van der Waals surface area contributed by atoms with Gasteiger partial charge in [0.15, 0.2) is 0 Å². The minimum atomic E-state index is 0.891. The summed E-state index contributed by atoms with van der Waals surface area (Å²) in [6.07, 6.45) is 20.5. The molecule has 0 aromatic rings. The van der Waals surface area contributed by atoms with Crippen LogP contribution in [0.5, 0.6) is 0 Å². The highest BCUT2D eigenvalue weighted by Crippen LogP contribution is 2.22. The quantitative estimate of drug-likeness (QED) is 0.378. The molecule has 1 unspecified atom stereocenters. The Bertz CT molecular complexity index is 435. The fourth-order valence-electron chi connectivity index (χ4n) is 2.97. The summed E-state index contributed by atoms with van der Waals surface area (Å²) in [6.45, 7) is 6.78. The van der Waals surface area contributed by atoms with Gasteiger partial charge in [-0.05, 0) is 44.1 Å². The van der Waals surface area contributed by atoms with Crippen LogP contribution in [0.2, 0.25) is 0 Å². The summed E-state index contributed by atoms with van der Waals surface area (Å²) in [4.78, 5) is 2.19. The minimum absolute atomic E-state index is 0.891. The zero-order valence-corrected chi connectivity index (χ0v) is 15.4. The molecular formula is C21H35N. The molecule has 1 rings (SSSR count). The Morgan fingerprint density at radius 3 is 2.68 bits per heavy atom. The molecule has 0 heterocycles. The van der Waals surface area contributed by atoms with Gasteiger partial charge in [0.25, 0.3) is 0 Å². The summed E-state index contributed by atoms with van der Waals surface area (Å²) in [5, 5.41) is 0. The van der Waals surface area contributed by atoms with Gasteiger partial charge in [0.1, 0.15) is 0 Å². The van der Waals surface area contributed by atoms with Crippen LogP contribution < -0.4 is 0 Å². The molecule has 1 heteroatoms. The Hall–Kier alpha value is -1.24. The third-order valence-corrected chi connectivity index (χ3v) is 4.61. The van der Waals surface area contributed by atoms with Gasteiger partial charge < -0.3 is 4.90 Å². The van der Waals surface area contributed by atoms with Crippen LogP contribution in [0.15, 0.2) is 47.2 Å². The van der Waals surface area contributed by atoms with Crippen molar-refractivity contribution in [2.45, 2.75) is 65.7 Å². The molecule has 0 radical (unpaired) electrons. The Morgan fingerprint density at radius 2 is 2.05 bits per heavy atom. The molecule has 124 valence electrons. The molecule has 0 bridgehead atoms. The first-order chi connectivity index (χ1) is 10.6. The zero-order valence-electron chi connectivity index (χ0n) is 15.4. The fourth-order valence-corrected chi connectivity index (χ4v) is 2.97. The summed E-state index contributed by atoms with van der Waals surface area (Å²) in [6, 6.07) is 0. The van der Waals surface area contributed by atoms with Crippen LogP contribution in [0.1, 0.15) is 65.7 Å². The Balaban J connectivity index is 2.50. The monoisotopic (exact) mass is 301 g/mol. The van der Waals surface area contributed by atoms with Crippen LogP contribution in [0, 0.1) is 5.92 Å². The zero-order chi connectivity index (χ0) is 16.4. The van der Waals surface area contributed by atoms with Gasteiger partial charge >= 0.3 is 0 Å². The highest BCUT2D eigenvalue weighted by Gasteiger charge is 2.06. The third kappa shape index (κ3) is 6.68. The predicted octanol–water partition coefficient (Wildman–Crippen LogP) is 6.26. The van der Waals surface area contributed by atoms with Crippen molar-refractivity contribution in [1.82, 2.24) is 4.90 Å². The number of nitrogens with zero attached hydrogens (tertiary/aromatic N) is 1. The predicted molar refractivity (Wildman–Crippen MR) is 99.9 cm³/mol. The van der Waals surface area contributed by atoms with Gasteiger partial charge in [-0.3, -0.25) is 0 Å². The maximum Gasteiger partial charge on any atom is 0.0388 e. The number of allylic oxidation sites excluding steroid dienone is 6. The molecule has 0 aliphatic heterocycles. The van der Waals surface area contributed by atoms with Gasteiger partial charge in [0.05, 0.1) is 0 Å². The van der Waals surface area contributed by atoms with E-state index in [2.05, 4.69) is 70.1 Å². The van der Waals surface area contributed by atoms with Crippen molar-refractivity contribution in [2.24, 2.45) is 5.92 Å². The van der Waals surface area contributed by atoms with E-state index < -0.39 is 0 Å². The van der Waals surface area contributed by atoms with Crippen molar-refractivity contribution in [2.75, 3.05) is 14.1 Å². The number of rotatable bonds is 8. The van der Waals surface area contributed by atoms with Crippen molar-refractivity contribution in [3.63, 3.8) is 0 Å². The molecule has 1 atom stereocenters. The average molecular weight is 302 g/mol. The largest absolute Gasteiger partial charge is 0.377 e. The second kappa shape index (κ2) is 10.5. The molecule has 0 N–H and O–H groups in total. The number of hydrogen-bond acceptors (Lipinski definition) is 1. The van der Waals surface area contributed by atoms with E-state index in [-0.39, 0.29) is 0 Å². The summed E-state index contributed by atoms with van der Waals surface area (Å²) < 4.78 is 0. The van der Waals surface area contributed by atoms with Gasteiger partial charge in [-0.1, -0.05) is 69.1 Å². The lowest BCUT2D eigenvalue weighted by atomic mass is 9.96. The molecule has 0 aromatic carbocycles. The second-order valence-corrected chi connectivity index (χ2v) is 6.69. The Labute approximate surface area is 138 Å². The van der Waals surface area contributed by atoms with Crippen LogP contribution in [-0.4, -0.2) is 19.0 Å². The van der Waals surface area contributed by atoms with Gasteiger partial charge in [-0.15, -0.1) is 0 Å². The Morgan fingerprint density at radius 1 is 1.27 bits per heavy atom. The van der Waals surface area contributed by atoms with E-state index in [0.29, 0.717) is 0 Å². The highest BCUT2D eigenvalue weighted by atomic mass is 15.1. The van der Waals surface area contributed by atoms with E-state index in [0.717, 1.165) is 18.8 Å². The molecule has 0 saturated carbocycles. The SMILES string of the molecule is C/C=C(/C1=CC/C=C(/CCCCC(C)CC)CC=C1)N(C)C. The topological polar surface area (TPSA) is 3.24 Å². The maximum absolute atomic E-state index is 2.44. The van der Waals surface area contributed by atoms with E-state index in [1.54, 1.807) is 5.57 Å². The van der Waals surface area contributed by atoms with Crippen molar-refractivity contribution in [3.05, 3.63) is 47.2 Å². The van der Waals surface area contributed by atoms with Crippen molar-refractivity contribution in [1.29, 1.82) is 0 Å². The van der Waals surface area contributed by atoms with Gasteiger partial charge in [-0.2, -0.15) is 0 Å². The standard InChI is InChI=1S/C21H35N/c1-6-18(3)12-8-9-13-19-14-10-16-20(17-11-15-19)21(7-2)22(4)5/h7,10,15-18H,6,8-9,11-14H2,1-5H3/b16-10?,19-15-,20-17?,21-7-. The molecule has 0 spiro atoms. The van der Waals surface area contributed by atoms with Gasteiger partial charge in [0, 0.05) is 19.8 Å². The van der Waals surface area contributed by atoms with E-state index in [4.69, 9.17) is 0 Å². The first-order valence-electron chi connectivity index (χ1n) is 8.97. The molecule has 1 nitrogen and oxygen atoms in total. The van der Waals surface area contributed by atoms with Crippen molar-refractivity contribution < 1.29 is 0 Å². The van der Waals surface area contributed by atoms with E-state index in [9.17, 15) is 0 Å². The summed E-state index contributed by atoms with van der Waals surface area (Å²) >= 11 is 0. The maximum atomic E-state index is 2.44. The van der Waals surface area contributed by atoms with Gasteiger partial charge in [0.2, 0.25) is 0 Å². The lowest BCUT2D eigenvalue weighted by molar-refractivity contribution is 0.484. The first-order valence-corrected chi connectivity index (χ1v) is 8.97. The van der Waals surface area contributed by atoms with Crippen LogP contribution >= 0.6 is 0 Å². The van der Waals surface area contributed by atoms with Crippen LogP contribution in [0.25, 0.3) is 0 Å². The van der Waals surface area contributed by atoms with Crippen molar-refractivity contribution >= 4 is 0 Å². The Kier molecular flexibility index (Phi) is 8.96.